The molecule has 0 atom stereocenters. The van der Waals surface area contributed by atoms with Gasteiger partial charge in [0.15, 0.2) is 17.1 Å². The minimum atomic E-state index is -0.302. The predicted octanol–water partition coefficient (Wildman–Crippen LogP) is 4.77. The van der Waals surface area contributed by atoms with Crippen molar-refractivity contribution >= 4 is 22.7 Å². The molecule has 3 aromatic carbocycles. The van der Waals surface area contributed by atoms with E-state index in [2.05, 4.69) is 10.3 Å². The van der Waals surface area contributed by atoms with E-state index >= 15 is 0 Å². The minimum absolute atomic E-state index is 0.302. The van der Waals surface area contributed by atoms with Crippen molar-refractivity contribution in [3.8, 4) is 28.7 Å². The van der Waals surface area contributed by atoms with Gasteiger partial charge in [-0.15, -0.1) is 0 Å². The van der Waals surface area contributed by atoms with Crippen LogP contribution in [0.1, 0.15) is 10.4 Å². The van der Waals surface area contributed by atoms with E-state index in [0.29, 0.717) is 34.4 Å². The Morgan fingerprint density at radius 3 is 2.17 bits per heavy atom. The zero-order valence-corrected chi connectivity index (χ0v) is 16.8. The van der Waals surface area contributed by atoms with E-state index in [0.717, 1.165) is 16.7 Å². The van der Waals surface area contributed by atoms with Crippen LogP contribution in [0, 0.1) is 0 Å². The van der Waals surface area contributed by atoms with Crippen molar-refractivity contribution in [3.05, 3.63) is 66.2 Å². The zero-order valence-electron chi connectivity index (χ0n) is 16.8. The Bertz CT molecular complexity index is 1140. The summed E-state index contributed by atoms with van der Waals surface area (Å²) in [6, 6.07) is 18.1. The maximum Gasteiger partial charge on any atom is 0.255 e. The Balaban J connectivity index is 1.55. The standard InChI is InChI=1S/C23H20N2O5/c1-27-19-12-15(13-20(28-2)21(19)29-3)22(26)24-16-10-8-14(9-11-16)23-25-17-6-4-5-7-18(17)30-23/h4-13H,1-3H3,(H,24,26). The number of methoxy groups -OCH3 is 3. The number of oxazole rings is 1. The second kappa shape index (κ2) is 8.16. The van der Waals surface area contributed by atoms with Gasteiger partial charge in [-0.05, 0) is 48.5 Å². The topological polar surface area (TPSA) is 82.8 Å². The smallest absolute Gasteiger partial charge is 0.255 e. The van der Waals surface area contributed by atoms with Crippen LogP contribution in [0.5, 0.6) is 17.2 Å². The number of hydrogen-bond acceptors (Lipinski definition) is 6. The molecule has 7 heteroatoms. The number of rotatable bonds is 6. The molecule has 152 valence electrons. The van der Waals surface area contributed by atoms with Gasteiger partial charge in [0.25, 0.3) is 5.91 Å². The summed E-state index contributed by atoms with van der Waals surface area (Å²) in [6.45, 7) is 0. The molecule has 0 aliphatic carbocycles. The molecule has 1 aromatic heterocycles. The second-order valence-electron chi connectivity index (χ2n) is 6.43. The molecule has 0 saturated heterocycles. The van der Waals surface area contributed by atoms with E-state index in [1.807, 2.05) is 36.4 Å². The van der Waals surface area contributed by atoms with E-state index in [-0.39, 0.29) is 5.91 Å². The Morgan fingerprint density at radius 2 is 1.57 bits per heavy atom. The van der Waals surface area contributed by atoms with Crippen LogP contribution in [-0.2, 0) is 0 Å². The fraction of sp³-hybridized carbons (Fsp3) is 0.130. The summed E-state index contributed by atoms with van der Waals surface area (Å²) >= 11 is 0. The molecule has 0 bridgehead atoms. The lowest BCUT2D eigenvalue weighted by Gasteiger charge is -2.14. The number of benzene rings is 3. The van der Waals surface area contributed by atoms with Gasteiger partial charge >= 0.3 is 0 Å². The van der Waals surface area contributed by atoms with Crippen LogP contribution in [0.4, 0.5) is 5.69 Å². The van der Waals surface area contributed by atoms with Crippen molar-refractivity contribution < 1.29 is 23.4 Å². The lowest BCUT2D eigenvalue weighted by atomic mass is 10.1. The summed E-state index contributed by atoms with van der Waals surface area (Å²) < 4.78 is 21.7. The van der Waals surface area contributed by atoms with E-state index in [4.69, 9.17) is 18.6 Å². The molecule has 0 spiro atoms. The van der Waals surface area contributed by atoms with Gasteiger partial charge < -0.3 is 23.9 Å². The Morgan fingerprint density at radius 1 is 0.900 bits per heavy atom. The average molecular weight is 404 g/mol. The van der Waals surface area contributed by atoms with Crippen molar-refractivity contribution in [1.29, 1.82) is 0 Å². The van der Waals surface area contributed by atoms with Gasteiger partial charge in [0.1, 0.15) is 5.52 Å². The molecule has 7 nitrogen and oxygen atoms in total. The van der Waals surface area contributed by atoms with E-state index in [1.54, 1.807) is 24.3 Å². The third kappa shape index (κ3) is 3.65. The molecule has 0 saturated carbocycles. The number of ether oxygens (including phenoxy) is 3. The third-order valence-electron chi connectivity index (χ3n) is 4.61. The number of carbonyl (C=O) groups is 1. The highest BCUT2D eigenvalue weighted by molar-refractivity contribution is 6.05. The number of carbonyl (C=O) groups excluding carboxylic acids is 1. The summed E-state index contributed by atoms with van der Waals surface area (Å²) in [5, 5.41) is 2.86. The van der Waals surface area contributed by atoms with Gasteiger partial charge in [0, 0.05) is 16.8 Å². The molecule has 4 rings (SSSR count). The maximum absolute atomic E-state index is 12.7. The lowest BCUT2D eigenvalue weighted by Crippen LogP contribution is -2.12. The Labute approximate surface area is 173 Å². The molecule has 4 aromatic rings. The first-order valence-corrected chi connectivity index (χ1v) is 9.20. The number of fused-ring (bicyclic) bond motifs is 1. The highest BCUT2D eigenvalue weighted by atomic mass is 16.5. The molecule has 0 aliphatic heterocycles. The lowest BCUT2D eigenvalue weighted by molar-refractivity contribution is 0.102. The number of para-hydroxylation sites is 2. The molecule has 1 N–H and O–H groups in total. The van der Waals surface area contributed by atoms with Crippen LogP contribution < -0.4 is 19.5 Å². The van der Waals surface area contributed by atoms with Crippen molar-refractivity contribution in [1.82, 2.24) is 4.98 Å². The predicted molar refractivity (Wildman–Crippen MR) is 113 cm³/mol. The highest BCUT2D eigenvalue weighted by Crippen LogP contribution is 2.38. The van der Waals surface area contributed by atoms with Gasteiger partial charge in [0.2, 0.25) is 11.6 Å². The monoisotopic (exact) mass is 404 g/mol. The summed E-state index contributed by atoms with van der Waals surface area (Å²) in [4.78, 5) is 17.2. The van der Waals surface area contributed by atoms with Gasteiger partial charge in [-0.3, -0.25) is 4.79 Å². The van der Waals surface area contributed by atoms with Crippen LogP contribution >= 0.6 is 0 Å². The molecule has 0 unspecified atom stereocenters. The van der Waals surface area contributed by atoms with Crippen molar-refractivity contribution in [3.63, 3.8) is 0 Å². The fourth-order valence-corrected chi connectivity index (χ4v) is 3.11. The number of nitrogens with zero attached hydrogens (tertiary/aromatic N) is 1. The highest BCUT2D eigenvalue weighted by Gasteiger charge is 2.17. The molecule has 1 amide bonds. The van der Waals surface area contributed by atoms with Crippen LogP contribution in [0.15, 0.2) is 65.1 Å². The van der Waals surface area contributed by atoms with Crippen molar-refractivity contribution in [2.45, 2.75) is 0 Å². The molecular weight excluding hydrogens is 384 g/mol. The molecule has 0 fully saturated rings. The van der Waals surface area contributed by atoms with Crippen molar-refractivity contribution in [2.75, 3.05) is 26.6 Å². The number of nitrogens with one attached hydrogen (secondary N) is 1. The van der Waals surface area contributed by atoms with Gasteiger partial charge in [-0.25, -0.2) is 4.98 Å². The number of anilines is 1. The summed E-state index contributed by atoms with van der Waals surface area (Å²) in [5.74, 6) is 1.48. The fourth-order valence-electron chi connectivity index (χ4n) is 3.11. The van der Waals surface area contributed by atoms with E-state index in [1.165, 1.54) is 21.3 Å². The Hall–Kier alpha value is -4.00. The van der Waals surface area contributed by atoms with Crippen LogP contribution in [0.3, 0.4) is 0 Å². The largest absolute Gasteiger partial charge is 0.493 e. The van der Waals surface area contributed by atoms with Gasteiger partial charge in [0.05, 0.1) is 21.3 Å². The molecule has 1 heterocycles. The molecular formula is C23H20N2O5. The minimum Gasteiger partial charge on any atom is -0.493 e. The molecule has 30 heavy (non-hydrogen) atoms. The molecule has 0 radical (unpaired) electrons. The first kappa shape index (κ1) is 19.3. The quantitative estimate of drug-likeness (QED) is 0.498. The summed E-state index contributed by atoms with van der Waals surface area (Å²) in [7, 11) is 4.52. The average Bonchev–Trinajstić information content (AvgIpc) is 3.22. The van der Waals surface area contributed by atoms with Crippen LogP contribution in [-0.4, -0.2) is 32.2 Å². The third-order valence-corrected chi connectivity index (χ3v) is 4.61. The molecule has 0 aliphatic rings. The van der Waals surface area contributed by atoms with E-state index in [9.17, 15) is 4.79 Å². The van der Waals surface area contributed by atoms with Gasteiger partial charge in [-0.1, -0.05) is 12.1 Å². The van der Waals surface area contributed by atoms with Gasteiger partial charge in [-0.2, -0.15) is 0 Å². The number of amides is 1. The number of aromatic nitrogens is 1. The Kier molecular flexibility index (Phi) is 5.26. The van der Waals surface area contributed by atoms with Crippen LogP contribution in [0.2, 0.25) is 0 Å². The maximum atomic E-state index is 12.7. The zero-order chi connectivity index (χ0) is 21.1. The number of hydrogen-bond donors (Lipinski definition) is 1. The van der Waals surface area contributed by atoms with E-state index < -0.39 is 0 Å². The normalized spacial score (nSPS) is 10.6. The summed E-state index contributed by atoms with van der Waals surface area (Å²) in [6.07, 6.45) is 0. The van der Waals surface area contributed by atoms with Crippen molar-refractivity contribution in [2.24, 2.45) is 0 Å². The van der Waals surface area contributed by atoms with Crippen LogP contribution in [0.25, 0.3) is 22.6 Å². The first-order valence-electron chi connectivity index (χ1n) is 9.20. The SMILES string of the molecule is COc1cc(C(=O)Nc2ccc(-c3nc4ccccc4o3)cc2)cc(OC)c1OC. The second-order valence-corrected chi connectivity index (χ2v) is 6.43. The summed E-state index contributed by atoms with van der Waals surface area (Å²) in [5.41, 5.74) is 3.36. The first-order chi connectivity index (χ1) is 14.6.